The average Bonchev–Trinajstić information content (AvgIpc) is 2.26. The summed E-state index contributed by atoms with van der Waals surface area (Å²) in [5.74, 6) is 2.10. The Hall–Kier alpha value is -0.650. The highest BCUT2D eigenvalue weighted by molar-refractivity contribution is 7.99. The van der Waals surface area contributed by atoms with E-state index < -0.39 is 0 Å². The van der Waals surface area contributed by atoms with E-state index in [4.69, 9.17) is 16.9 Å². The van der Waals surface area contributed by atoms with Gasteiger partial charge in [0.05, 0.1) is 5.56 Å². The van der Waals surface area contributed by atoms with Crippen LogP contribution in [-0.4, -0.2) is 11.6 Å². The van der Waals surface area contributed by atoms with Crippen LogP contribution in [0, 0.1) is 24.2 Å². The van der Waals surface area contributed by atoms with Crippen LogP contribution in [0.4, 0.5) is 0 Å². The Morgan fingerprint density at radius 3 is 2.87 bits per heavy atom. The zero-order valence-corrected chi connectivity index (χ0v) is 10.5. The number of thioether (sulfide) groups is 1. The summed E-state index contributed by atoms with van der Waals surface area (Å²) in [5, 5.41) is 8.94. The second-order valence-electron chi connectivity index (χ2n) is 3.68. The third-order valence-electron chi connectivity index (χ3n) is 2.04. The van der Waals surface area contributed by atoms with Crippen LogP contribution in [0.2, 0.25) is 0 Å². The standard InChI is InChI=1S/C12H14ClNS/c1-9-3-4-11(7-14)12(5-9)15-8-10(2)6-13/h3-5,10H,6,8H2,1-2H3. The van der Waals surface area contributed by atoms with E-state index in [1.165, 1.54) is 5.56 Å². The van der Waals surface area contributed by atoms with Gasteiger partial charge in [-0.15, -0.1) is 23.4 Å². The Bertz CT molecular complexity index is 370. The summed E-state index contributed by atoms with van der Waals surface area (Å²) in [7, 11) is 0. The van der Waals surface area contributed by atoms with Crippen LogP contribution in [0.25, 0.3) is 0 Å². The molecule has 0 aliphatic heterocycles. The molecule has 0 aromatic heterocycles. The first-order valence-corrected chi connectivity index (χ1v) is 6.39. The largest absolute Gasteiger partial charge is 0.192 e. The van der Waals surface area contributed by atoms with Crippen LogP contribution < -0.4 is 0 Å². The molecule has 3 heteroatoms. The Kier molecular flexibility index (Phi) is 5.01. The van der Waals surface area contributed by atoms with Crippen molar-refractivity contribution in [2.24, 2.45) is 5.92 Å². The monoisotopic (exact) mass is 239 g/mol. The van der Waals surface area contributed by atoms with Gasteiger partial charge in [0, 0.05) is 16.5 Å². The summed E-state index contributed by atoms with van der Waals surface area (Å²) in [6, 6.07) is 8.11. The van der Waals surface area contributed by atoms with E-state index in [1.54, 1.807) is 11.8 Å². The van der Waals surface area contributed by atoms with Gasteiger partial charge in [-0.05, 0) is 30.5 Å². The van der Waals surface area contributed by atoms with Crippen molar-refractivity contribution in [3.8, 4) is 6.07 Å². The van der Waals surface area contributed by atoms with Crippen LogP contribution in [0.5, 0.6) is 0 Å². The predicted molar refractivity (Wildman–Crippen MR) is 66.5 cm³/mol. The second-order valence-corrected chi connectivity index (χ2v) is 5.05. The number of rotatable bonds is 4. The fraction of sp³-hybridized carbons (Fsp3) is 0.417. The molecule has 0 radical (unpaired) electrons. The number of hydrogen-bond acceptors (Lipinski definition) is 2. The third-order valence-corrected chi connectivity index (χ3v) is 3.96. The molecule has 1 rings (SSSR count). The minimum absolute atomic E-state index is 0.476. The Balaban J connectivity index is 2.75. The summed E-state index contributed by atoms with van der Waals surface area (Å²) in [6.45, 7) is 4.15. The van der Waals surface area contributed by atoms with E-state index in [0.717, 1.165) is 16.2 Å². The summed E-state index contributed by atoms with van der Waals surface area (Å²) in [4.78, 5) is 1.06. The van der Waals surface area contributed by atoms with Gasteiger partial charge in [-0.1, -0.05) is 13.0 Å². The number of benzene rings is 1. The molecule has 0 aliphatic rings. The van der Waals surface area contributed by atoms with Gasteiger partial charge in [0.1, 0.15) is 6.07 Å². The van der Waals surface area contributed by atoms with Crippen molar-refractivity contribution < 1.29 is 0 Å². The molecule has 0 heterocycles. The SMILES string of the molecule is Cc1ccc(C#N)c(SCC(C)CCl)c1. The first-order valence-electron chi connectivity index (χ1n) is 4.87. The number of hydrogen-bond donors (Lipinski definition) is 0. The van der Waals surface area contributed by atoms with Crippen LogP contribution in [0.1, 0.15) is 18.1 Å². The predicted octanol–water partition coefficient (Wildman–Crippen LogP) is 3.83. The van der Waals surface area contributed by atoms with E-state index in [2.05, 4.69) is 19.1 Å². The van der Waals surface area contributed by atoms with Crippen LogP contribution in [0.3, 0.4) is 0 Å². The van der Waals surface area contributed by atoms with Gasteiger partial charge in [-0.2, -0.15) is 5.26 Å². The van der Waals surface area contributed by atoms with Gasteiger partial charge in [0.2, 0.25) is 0 Å². The average molecular weight is 240 g/mol. The fourth-order valence-corrected chi connectivity index (χ4v) is 2.48. The normalized spacial score (nSPS) is 12.1. The molecule has 0 bridgehead atoms. The van der Waals surface area contributed by atoms with Gasteiger partial charge in [0.15, 0.2) is 0 Å². The first-order chi connectivity index (χ1) is 7.17. The topological polar surface area (TPSA) is 23.8 Å². The highest BCUT2D eigenvalue weighted by Crippen LogP contribution is 2.25. The highest BCUT2D eigenvalue weighted by atomic mass is 35.5. The third kappa shape index (κ3) is 3.77. The number of nitriles is 1. The van der Waals surface area contributed by atoms with E-state index in [1.807, 2.05) is 19.1 Å². The van der Waals surface area contributed by atoms with Gasteiger partial charge in [0.25, 0.3) is 0 Å². The summed E-state index contributed by atoms with van der Waals surface area (Å²) < 4.78 is 0. The van der Waals surface area contributed by atoms with Crippen molar-refractivity contribution in [1.82, 2.24) is 0 Å². The maximum atomic E-state index is 8.94. The number of halogens is 1. The lowest BCUT2D eigenvalue weighted by Gasteiger charge is -2.08. The molecule has 80 valence electrons. The number of aryl methyl sites for hydroxylation is 1. The molecular formula is C12H14ClNS. The van der Waals surface area contributed by atoms with Gasteiger partial charge >= 0.3 is 0 Å². The molecule has 0 saturated heterocycles. The first kappa shape index (κ1) is 12.4. The molecule has 0 amide bonds. The van der Waals surface area contributed by atoms with Crippen molar-refractivity contribution in [2.75, 3.05) is 11.6 Å². The molecule has 0 N–H and O–H groups in total. The van der Waals surface area contributed by atoms with Gasteiger partial charge in [-0.25, -0.2) is 0 Å². The van der Waals surface area contributed by atoms with Crippen LogP contribution in [-0.2, 0) is 0 Å². The maximum Gasteiger partial charge on any atom is 0.100 e. The van der Waals surface area contributed by atoms with Crippen molar-refractivity contribution in [3.63, 3.8) is 0 Å². The molecule has 0 aliphatic carbocycles. The van der Waals surface area contributed by atoms with Gasteiger partial charge < -0.3 is 0 Å². The molecule has 1 unspecified atom stereocenters. The molecule has 0 spiro atoms. The Morgan fingerprint density at radius 1 is 1.53 bits per heavy atom. The van der Waals surface area contributed by atoms with Crippen molar-refractivity contribution in [2.45, 2.75) is 18.7 Å². The molecule has 1 aromatic rings. The molecule has 0 saturated carbocycles. The molecular weight excluding hydrogens is 226 g/mol. The minimum Gasteiger partial charge on any atom is -0.192 e. The zero-order chi connectivity index (χ0) is 11.3. The zero-order valence-electron chi connectivity index (χ0n) is 8.96. The lowest BCUT2D eigenvalue weighted by Crippen LogP contribution is -1.99. The fourth-order valence-electron chi connectivity index (χ4n) is 1.12. The molecule has 15 heavy (non-hydrogen) atoms. The molecule has 0 fully saturated rings. The lowest BCUT2D eigenvalue weighted by atomic mass is 10.2. The second kappa shape index (κ2) is 6.05. The maximum absolute atomic E-state index is 8.94. The molecule has 1 aromatic carbocycles. The van der Waals surface area contributed by atoms with E-state index in [0.29, 0.717) is 11.8 Å². The summed E-state index contributed by atoms with van der Waals surface area (Å²) in [5.41, 5.74) is 1.95. The molecule has 1 nitrogen and oxygen atoms in total. The quantitative estimate of drug-likeness (QED) is 0.589. The van der Waals surface area contributed by atoms with Crippen molar-refractivity contribution in [3.05, 3.63) is 29.3 Å². The van der Waals surface area contributed by atoms with Gasteiger partial charge in [-0.3, -0.25) is 0 Å². The van der Waals surface area contributed by atoms with Crippen LogP contribution >= 0.6 is 23.4 Å². The van der Waals surface area contributed by atoms with Crippen molar-refractivity contribution in [1.29, 1.82) is 5.26 Å². The minimum atomic E-state index is 0.476. The highest BCUT2D eigenvalue weighted by Gasteiger charge is 2.06. The Labute approximate surface area is 100 Å². The number of nitrogens with zero attached hydrogens (tertiary/aromatic N) is 1. The molecule has 1 atom stereocenters. The smallest absolute Gasteiger partial charge is 0.100 e. The van der Waals surface area contributed by atoms with Crippen LogP contribution in [0.15, 0.2) is 23.1 Å². The van der Waals surface area contributed by atoms with Crippen molar-refractivity contribution >= 4 is 23.4 Å². The Morgan fingerprint density at radius 2 is 2.27 bits per heavy atom. The van der Waals surface area contributed by atoms with E-state index in [9.17, 15) is 0 Å². The van der Waals surface area contributed by atoms with E-state index in [-0.39, 0.29) is 0 Å². The summed E-state index contributed by atoms with van der Waals surface area (Å²) >= 11 is 7.46. The van der Waals surface area contributed by atoms with E-state index >= 15 is 0 Å². The summed E-state index contributed by atoms with van der Waals surface area (Å²) in [6.07, 6.45) is 0. The number of alkyl halides is 1. The lowest BCUT2D eigenvalue weighted by molar-refractivity contribution is 0.759.